The molecule has 4 N–H and O–H groups in total. The van der Waals surface area contributed by atoms with Gasteiger partial charge < -0.3 is 0 Å². The Morgan fingerprint density at radius 3 is 1.21 bits per heavy atom. The quantitative estimate of drug-likeness (QED) is 0.824. The van der Waals surface area contributed by atoms with Crippen molar-refractivity contribution in [1.82, 2.24) is 0 Å². The maximum atomic E-state index is 9.67. The second-order valence-corrected chi connectivity index (χ2v) is 4.53. The summed E-state index contributed by atoms with van der Waals surface area (Å²) in [6.45, 7) is 0. The Morgan fingerprint density at radius 1 is 0.684 bits per heavy atom. The molecule has 0 aromatic heterocycles. The van der Waals surface area contributed by atoms with Gasteiger partial charge in [-0.2, -0.15) is 28.8 Å². The molecule has 0 aliphatic heterocycles. The van der Waals surface area contributed by atoms with E-state index in [2.05, 4.69) is 68.9 Å². The molecule has 0 fully saturated rings. The smallest absolute Gasteiger partial charge is 0.196 e. The molecule has 2 aromatic carbocycles. The first-order valence-electron chi connectivity index (χ1n) is 5.21. The van der Waals surface area contributed by atoms with E-state index in [1.54, 1.807) is 0 Å². The maximum Gasteiger partial charge on any atom is 0.431 e. The summed E-state index contributed by atoms with van der Waals surface area (Å²) in [4.78, 5) is 0. The molecule has 0 aliphatic carbocycles. The molecule has 0 atom stereocenters. The molecule has 102 valence electrons. The van der Waals surface area contributed by atoms with Crippen molar-refractivity contribution in [1.29, 1.82) is 0 Å². The zero-order valence-electron chi connectivity index (χ0n) is 9.97. The predicted molar refractivity (Wildman–Crippen MR) is 71.3 cm³/mol. The van der Waals surface area contributed by atoms with Crippen LogP contribution in [0.4, 0.5) is 0 Å². The van der Waals surface area contributed by atoms with Crippen molar-refractivity contribution in [3.63, 3.8) is 0 Å². The highest BCUT2D eigenvalue weighted by Gasteiger charge is 2.04. The van der Waals surface area contributed by atoms with Crippen LogP contribution >= 0.6 is 0 Å². The standard InChI is InChI=1S/C12H10.H4N2O4S/c1-3-7-11(8-4-1)12-9-5-2-6-10-12;1-5-7(3,4)6-2/h1-10H;1-2H2. The van der Waals surface area contributed by atoms with E-state index >= 15 is 0 Å². The van der Waals surface area contributed by atoms with Crippen molar-refractivity contribution in [3.05, 3.63) is 60.7 Å². The lowest BCUT2D eigenvalue weighted by molar-refractivity contribution is 0.222. The van der Waals surface area contributed by atoms with Crippen molar-refractivity contribution in [2.75, 3.05) is 0 Å². The predicted octanol–water partition coefficient (Wildman–Crippen LogP) is 1.37. The lowest BCUT2D eigenvalue weighted by Crippen LogP contribution is -2.17. The molecule has 0 saturated carbocycles. The van der Waals surface area contributed by atoms with Crippen LogP contribution in [0.2, 0.25) is 0 Å². The summed E-state index contributed by atoms with van der Waals surface area (Å²) in [6.07, 6.45) is 0. The van der Waals surface area contributed by atoms with Crippen LogP contribution < -0.4 is 11.8 Å². The fraction of sp³-hybridized carbons (Fsp3) is 0. The van der Waals surface area contributed by atoms with Crippen molar-refractivity contribution in [2.45, 2.75) is 0 Å². The van der Waals surface area contributed by atoms with Gasteiger partial charge in [-0.15, -0.1) is 0 Å². The highest BCUT2D eigenvalue weighted by molar-refractivity contribution is 7.81. The third kappa shape index (κ3) is 5.60. The summed E-state index contributed by atoms with van der Waals surface area (Å²) >= 11 is 0. The van der Waals surface area contributed by atoms with Gasteiger partial charge in [0.25, 0.3) is 0 Å². The minimum absolute atomic E-state index is 1.28. The summed E-state index contributed by atoms with van der Waals surface area (Å²) in [5, 5.41) is 0. The summed E-state index contributed by atoms with van der Waals surface area (Å²) in [5.74, 6) is 8.25. The van der Waals surface area contributed by atoms with Gasteiger partial charge in [-0.25, -0.2) is 0 Å². The Labute approximate surface area is 111 Å². The molecule has 0 bridgehead atoms. The Morgan fingerprint density at radius 2 is 1.00 bits per heavy atom. The second kappa shape index (κ2) is 7.62. The van der Waals surface area contributed by atoms with Crippen LogP contribution in [0.25, 0.3) is 11.1 Å². The minimum Gasteiger partial charge on any atom is -0.196 e. The van der Waals surface area contributed by atoms with E-state index in [1.807, 2.05) is 12.1 Å². The van der Waals surface area contributed by atoms with Crippen molar-refractivity contribution >= 4 is 10.4 Å². The van der Waals surface area contributed by atoms with Gasteiger partial charge >= 0.3 is 10.4 Å². The van der Waals surface area contributed by atoms with Crippen LogP contribution in [0.1, 0.15) is 0 Å². The van der Waals surface area contributed by atoms with E-state index in [9.17, 15) is 8.42 Å². The largest absolute Gasteiger partial charge is 0.431 e. The Balaban J connectivity index is 0.000000224. The third-order valence-electron chi connectivity index (χ3n) is 2.12. The highest BCUT2D eigenvalue weighted by atomic mass is 32.3. The first-order chi connectivity index (χ1) is 9.09. The van der Waals surface area contributed by atoms with Gasteiger partial charge in [0, 0.05) is 0 Å². The fourth-order valence-corrected chi connectivity index (χ4v) is 1.33. The van der Waals surface area contributed by atoms with Crippen molar-refractivity contribution in [3.8, 4) is 11.1 Å². The number of hydrogen-bond donors (Lipinski definition) is 2. The van der Waals surface area contributed by atoms with Crippen molar-refractivity contribution < 1.29 is 17.0 Å². The lowest BCUT2D eigenvalue weighted by atomic mass is 10.1. The van der Waals surface area contributed by atoms with E-state index in [-0.39, 0.29) is 0 Å². The van der Waals surface area contributed by atoms with Crippen molar-refractivity contribution in [2.24, 2.45) is 11.8 Å². The van der Waals surface area contributed by atoms with Crippen LogP contribution in [-0.2, 0) is 19.0 Å². The van der Waals surface area contributed by atoms with Gasteiger partial charge in [0.2, 0.25) is 0 Å². The molecule has 0 saturated heterocycles. The molecule has 19 heavy (non-hydrogen) atoms. The number of hydrogen-bond acceptors (Lipinski definition) is 6. The number of nitrogens with two attached hydrogens (primary N) is 2. The van der Waals surface area contributed by atoms with Crippen LogP contribution in [-0.4, -0.2) is 8.42 Å². The Hall–Kier alpha value is -1.77. The fourth-order valence-electron chi connectivity index (χ4n) is 1.28. The van der Waals surface area contributed by atoms with Gasteiger partial charge in [0.15, 0.2) is 0 Å². The summed E-state index contributed by atoms with van der Waals surface area (Å²) in [7, 11) is -4.10. The average Bonchev–Trinajstić information content (AvgIpc) is 2.50. The van der Waals surface area contributed by atoms with E-state index in [4.69, 9.17) is 0 Å². The van der Waals surface area contributed by atoms with E-state index in [1.165, 1.54) is 11.1 Å². The molecule has 7 heteroatoms. The average molecular weight is 282 g/mol. The minimum atomic E-state index is -4.10. The molecule has 0 heterocycles. The summed E-state index contributed by atoms with van der Waals surface area (Å²) in [6, 6.07) is 20.8. The third-order valence-corrected chi connectivity index (χ3v) is 2.59. The first kappa shape index (κ1) is 15.3. The SMILES string of the molecule is NOS(=O)(=O)ON.c1ccc(-c2ccccc2)cc1. The molecular weight excluding hydrogens is 268 g/mol. The van der Waals surface area contributed by atoms with E-state index < -0.39 is 10.4 Å². The van der Waals surface area contributed by atoms with E-state index in [0.29, 0.717) is 0 Å². The Kier molecular flexibility index (Phi) is 6.13. The van der Waals surface area contributed by atoms with Gasteiger partial charge in [-0.3, -0.25) is 0 Å². The molecule has 2 rings (SSSR count). The first-order valence-corrected chi connectivity index (χ1v) is 6.54. The monoisotopic (exact) mass is 282 g/mol. The molecule has 0 spiro atoms. The van der Waals surface area contributed by atoms with Gasteiger partial charge in [-0.1, -0.05) is 60.7 Å². The molecule has 0 aliphatic rings. The van der Waals surface area contributed by atoms with E-state index in [0.717, 1.165) is 0 Å². The van der Waals surface area contributed by atoms with Gasteiger partial charge in [-0.05, 0) is 11.1 Å². The summed E-state index contributed by atoms with van der Waals surface area (Å²) < 4.78 is 25.8. The molecule has 0 amide bonds. The van der Waals surface area contributed by atoms with Crippen LogP contribution in [0.15, 0.2) is 60.7 Å². The highest BCUT2D eigenvalue weighted by Crippen LogP contribution is 2.17. The lowest BCUT2D eigenvalue weighted by Gasteiger charge is -1.98. The zero-order valence-corrected chi connectivity index (χ0v) is 10.8. The second-order valence-electron chi connectivity index (χ2n) is 3.33. The normalized spacial score (nSPS) is 10.4. The van der Waals surface area contributed by atoms with Crippen LogP contribution in [0.3, 0.4) is 0 Å². The van der Waals surface area contributed by atoms with Crippen LogP contribution in [0.5, 0.6) is 0 Å². The molecule has 6 nitrogen and oxygen atoms in total. The topological polar surface area (TPSA) is 105 Å². The van der Waals surface area contributed by atoms with Gasteiger partial charge in [0.1, 0.15) is 0 Å². The van der Waals surface area contributed by atoms with Gasteiger partial charge in [0.05, 0.1) is 0 Å². The summed E-state index contributed by atoms with van der Waals surface area (Å²) in [5.41, 5.74) is 2.55. The molecule has 0 radical (unpaired) electrons. The Bertz CT molecular complexity index is 526. The number of rotatable bonds is 3. The maximum absolute atomic E-state index is 9.67. The molecular formula is C12H14N2O4S. The number of benzene rings is 2. The molecule has 2 aromatic rings. The van der Waals surface area contributed by atoms with Crippen LogP contribution in [0, 0.1) is 0 Å². The zero-order chi connectivity index (χ0) is 14.1. The molecule has 0 unspecified atom stereocenters.